The molecule has 0 bridgehead atoms. The summed E-state index contributed by atoms with van der Waals surface area (Å²) in [5.74, 6) is 1.75. The molecule has 2 aliphatic rings. The van der Waals surface area contributed by atoms with Crippen LogP contribution in [-0.4, -0.2) is 37.2 Å². The number of rotatable bonds is 8. The Hall–Kier alpha value is -0.0700. The van der Waals surface area contributed by atoms with Crippen molar-refractivity contribution in [2.24, 2.45) is 5.92 Å². The highest BCUT2D eigenvalue weighted by molar-refractivity contribution is 8.33. The average Bonchev–Trinajstić information content (AvgIpc) is 2.99. The Morgan fingerprint density at radius 2 is 1.82 bits per heavy atom. The predicted octanol–water partition coefficient (Wildman–Crippen LogP) is 3.79. The van der Waals surface area contributed by atoms with E-state index in [-0.39, 0.29) is 5.75 Å². The largest absolute Gasteiger partial charge is 0.302 e. The molecule has 1 aliphatic heterocycles. The summed E-state index contributed by atoms with van der Waals surface area (Å²) in [4.78, 5) is 11.3. The maximum Gasteiger partial charge on any atom is 0.276 e. The van der Waals surface area contributed by atoms with Gasteiger partial charge in [-0.2, -0.15) is 8.42 Å². The molecule has 1 heterocycles. The molecule has 2 atom stereocenters. The lowest BCUT2D eigenvalue weighted by Gasteiger charge is -2.49. The molecule has 22 heavy (non-hydrogen) atoms. The van der Waals surface area contributed by atoms with E-state index in [0.29, 0.717) is 23.3 Å². The lowest BCUT2D eigenvalue weighted by atomic mass is 9.99. The van der Waals surface area contributed by atoms with Crippen molar-refractivity contribution < 1.29 is 16.8 Å². The van der Waals surface area contributed by atoms with Crippen LogP contribution in [-0.2, 0) is 18.5 Å². The van der Waals surface area contributed by atoms with Crippen LogP contribution in [0.1, 0.15) is 64.7 Å². The van der Waals surface area contributed by atoms with Crippen LogP contribution in [0.2, 0.25) is 0 Å². The molecule has 6 heteroatoms. The summed E-state index contributed by atoms with van der Waals surface area (Å²) in [6.45, 7) is 1.98. The highest BCUT2D eigenvalue weighted by Gasteiger charge is 2.44. The zero-order valence-corrected chi connectivity index (χ0v) is 15.3. The highest BCUT2D eigenvalue weighted by Crippen LogP contribution is 2.62. The van der Waals surface area contributed by atoms with Crippen LogP contribution in [0.25, 0.3) is 0 Å². The molecule has 0 aromatic carbocycles. The summed E-state index contributed by atoms with van der Waals surface area (Å²) in [6.07, 6.45) is 10.4. The topological polar surface area (TPSA) is 60.4 Å². The number of carbonyl (C=O) groups is 1. The van der Waals surface area contributed by atoms with Crippen molar-refractivity contribution in [1.29, 1.82) is 0 Å². The second kappa shape index (κ2) is 8.15. The molecule has 2 fully saturated rings. The fraction of sp³-hybridized carbons (Fsp3) is 0.938. The molecule has 2 unspecified atom stereocenters. The van der Waals surface area contributed by atoms with Crippen LogP contribution in [0.5, 0.6) is 0 Å². The Kier molecular flexibility index (Phi) is 6.77. The minimum Gasteiger partial charge on any atom is -0.302 e. The molecule has 1 aliphatic carbocycles. The molecule has 1 saturated heterocycles. The van der Waals surface area contributed by atoms with Gasteiger partial charge in [0, 0.05) is 11.0 Å². The van der Waals surface area contributed by atoms with E-state index in [1.807, 2.05) is 6.92 Å². The molecule has 0 aromatic rings. The lowest BCUT2D eigenvalue weighted by molar-refractivity contribution is -0.105. The second-order valence-corrected chi connectivity index (χ2v) is 11.8. The summed E-state index contributed by atoms with van der Waals surface area (Å²) in [7, 11) is -5.32. The van der Waals surface area contributed by atoms with Crippen molar-refractivity contribution in [1.82, 2.24) is 0 Å². The lowest BCUT2D eigenvalue weighted by Crippen LogP contribution is -2.36. The fourth-order valence-electron chi connectivity index (χ4n) is 3.97. The van der Waals surface area contributed by atoms with E-state index in [9.17, 15) is 13.2 Å². The number of unbranched alkanes of at least 4 members (excludes halogenated alkanes) is 1. The molecule has 0 radical (unpaired) electrons. The molecule has 1 saturated carbocycles. The van der Waals surface area contributed by atoms with Crippen molar-refractivity contribution >= 4 is 26.7 Å². The van der Waals surface area contributed by atoms with Gasteiger partial charge in [0.05, 0.1) is 11.5 Å². The van der Waals surface area contributed by atoms with Crippen LogP contribution in [0.3, 0.4) is 0 Å². The Morgan fingerprint density at radius 3 is 2.45 bits per heavy atom. The number of carbonyl (C=O) groups excluding carboxylic acids is 1. The van der Waals surface area contributed by atoms with Gasteiger partial charge in [-0.3, -0.25) is 0 Å². The fourth-order valence-corrected chi connectivity index (χ4v) is 10.6. The Labute approximate surface area is 137 Å². The molecule has 0 N–H and O–H groups in total. The van der Waals surface area contributed by atoms with Gasteiger partial charge in [0.15, 0.2) is 0 Å². The normalized spacial score (nSPS) is 33.4. The summed E-state index contributed by atoms with van der Waals surface area (Å²) in [6, 6.07) is 0. The van der Waals surface area contributed by atoms with Crippen LogP contribution in [0, 0.1) is 5.92 Å². The number of hydrogen-bond donors (Lipinski definition) is 0. The number of hydrogen-bond acceptors (Lipinski definition) is 4. The minimum absolute atomic E-state index is 0.0918. The van der Waals surface area contributed by atoms with Gasteiger partial charge in [-0.1, -0.05) is 32.6 Å². The Balaban J connectivity index is 2.20. The third-order valence-corrected chi connectivity index (χ3v) is 11.1. The first-order chi connectivity index (χ1) is 10.5. The molecular formula is C16H30O4S2. The zero-order chi connectivity index (χ0) is 16.1. The van der Waals surface area contributed by atoms with Crippen LogP contribution in [0.15, 0.2) is 0 Å². The molecule has 0 amide bonds. The maximum absolute atomic E-state index is 12.4. The Morgan fingerprint density at radius 1 is 1.14 bits per heavy atom. The quantitative estimate of drug-likeness (QED) is 0.625. The average molecular weight is 351 g/mol. The van der Waals surface area contributed by atoms with Crippen LogP contribution in [0.4, 0.5) is 0 Å². The van der Waals surface area contributed by atoms with Gasteiger partial charge in [0.2, 0.25) is 0 Å². The van der Waals surface area contributed by atoms with Crippen molar-refractivity contribution in [2.75, 3.05) is 17.3 Å². The minimum atomic E-state index is -3.51. The van der Waals surface area contributed by atoms with Gasteiger partial charge in [-0.15, -0.1) is 10.3 Å². The Bertz CT molecular complexity index is 457. The highest BCUT2D eigenvalue weighted by atomic mass is 32.3. The predicted molar refractivity (Wildman–Crippen MR) is 92.8 cm³/mol. The van der Waals surface area contributed by atoms with Gasteiger partial charge in [-0.25, -0.2) is 3.63 Å². The van der Waals surface area contributed by atoms with Crippen molar-refractivity contribution in [2.45, 2.75) is 70.0 Å². The first kappa shape index (κ1) is 18.3. The monoisotopic (exact) mass is 350 g/mol. The first-order valence-corrected chi connectivity index (χ1v) is 12.2. The van der Waals surface area contributed by atoms with Crippen molar-refractivity contribution in [3.63, 3.8) is 0 Å². The van der Waals surface area contributed by atoms with E-state index in [1.165, 1.54) is 25.7 Å². The van der Waals surface area contributed by atoms with E-state index in [0.717, 1.165) is 37.7 Å². The second-order valence-electron chi connectivity index (χ2n) is 6.67. The first-order valence-electron chi connectivity index (χ1n) is 8.68. The molecule has 2 rings (SSSR count). The molecule has 0 aromatic heterocycles. The van der Waals surface area contributed by atoms with E-state index in [4.69, 9.17) is 3.63 Å². The summed E-state index contributed by atoms with van der Waals surface area (Å²) in [5, 5.41) is 0.311. The van der Waals surface area contributed by atoms with Crippen molar-refractivity contribution in [3.05, 3.63) is 0 Å². The van der Waals surface area contributed by atoms with Gasteiger partial charge in [0.25, 0.3) is 10.1 Å². The third-order valence-electron chi connectivity index (χ3n) is 5.04. The maximum atomic E-state index is 12.4. The van der Waals surface area contributed by atoms with Gasteiger partial charge in [-0.05, 0) is 38.0 Å². The smallest absolute Gasteiger partial charge is 0.276 e. The van der Waals surface area contributed by atoms with Crippen LogP contribution < -0.4 is 0 Å². The zero-order valence-electron chi connectivity index (χ0n) is 13.7. The summed E-state index contributed by atoms with van der Waals surface area (Å²) >= 11 is 0. The number of aldehydes is 1. The van der Waals surface area contributed by atoms with E-state index < -0.39 is 20.4 Å². The van der Waals surface area contributed by atoms with Gasteiger partial charge in [0.1, 0.15) is 6.29 Å². The standard InChI is InChI=1S/C16H30O4S2/c1-2-3-13-22(18,19)20-21(14-11-17)12-7-6-10-16(21)15-8-4-5-9-15/h11,15-16H,2-10,12-14H2,1H3. The molecule has 130 valence electrons. The van der Waals surface area contributed by atoms with Gasteiger partial charge < -0.3 is 4.79 Å². The molecule has 0 spiro atoms. The SMILES string of the molecule is CCCCS(=O)(=O)OS1(CC=O)CCCCC1C1CCCC1. The van der Waals surface area contributed by atoms with E-state index in [2.05, 4.69) is 0 Å². The summed E-state index contributed by atoms with van der Waals surface area (Å²) < 4.78 is 30.6. The molecular weight excluding hydrogens is 320 g/mol. The third kappa shape index (κ3) is 4.48. The van der Waals surface area contributed by atoms with E-state index in [1.54, 1.807) is 0 Å². The summed E-state index contributed by atoms with van der Waals surface area (Å²) in [5.41, 5.74) is 0. The van der Waals surface area contributed by atoms with E-state index >= 15 is 0 Å². The van der Waals surface area contributed by atoms with Gasteiger partial charge >= 0.3 is 0 Å². The van der Waals surface area contributed by atoms with Crippen LogP contribution >= 0.6 is 10.3 Å². The molecule has 4 nitrogen and oxygen atoms in total. The van der Waals surface area contributed by atoms with Crippen molar-refractivity contribution in [3.8, 4) is 0 Å².